The molecule has 8 heteroatoms. The highest BCUT2D eigenvalue weighted by atomic mass is 16.5. The number of ether oxygens (including phenoxy) is 1. The first-order chi connectivity index (χ1) is 15.2. The normalized spacial score (nSPS) is 17.2. The fraction of sp³-hybridized carbons (Fsp3) is 0.500. The van der Waals surface area contributed by atoms with Crippen LogP contribution in [0.1, 0.15) is 44.2 Å². The van der Waals surface area contributed by atoms with Crippen molar-refractivity contribution in [1.82, 2.24) is 16.0 Å². The average molecular weight is 444 g/mol. The minimum absolute atomic E-state index is 0.0812. The predicted octanol–water partition coefficient (Wildman–Crippen LogP) is 2.40. The maximum atomic E-state index is 13.0. The summed E-state index contributed by atoms with van der Waals surface area (Å²) in [7, 11) is 0. The Kier molecular flexibility index (Phi) is 9.43. The largest absolute Gasteiger partial charge is 0.445 e. The lowest BCUT2D eigenvalue weighted by Crippen LogP contribution is -2.52. The third-order valence-electron chi connectivity index (χ3n) is 5.31. The number of hydrogen-bond acceptors (Lipinski definition) is 5. The standard InChI is InChI=1S/C24H33N3O5/c1-5-21(28)19(13-18-9-10-25-22(18)29)26-23(30)20(11-15(2)3)27-24(31)32-14-17-8-6-7-16(4)12-17/h5-8,12,15,18-20H,1,9-11,13-14H2,2-4H3,(H,25,29)(H,26,30)(H,27,31)/t18-,19-,20?/m0/s1. The summed E-state index contributed by atoms with van der Waals surface area (Å²) in [4.78, 5) is 49.5. The Morgan fingerprint density at radius 1 is 1.25 bits per heavy atom. The minimum Gasteiger partial charge on any atom is -0.445 e. The zero-order valence-electron chi connectivity index (χ0n) is 19.0. The van der Waals surface area contributed by atoms with Gasteiger partial charge in [-0.3, -0.25) is 14.4 Å². The molecule has 1 saturated heterocycles. The van der Waals surface area contributed by atoms with E-state index >= 15 is 0 Å². The van der Waals surface area contributed by atoms with Crippen LogP contribution in [0.2, 0.25) is 0 Å². The third kappa shape index (κ3) is 7.83. The number of alkyl carbamates (subject to hydrolysis) is 1. The predicted molar refractivity (Wildman–Crippen MR) is 121 cm³/mol. The first-order valence-electron chi connectivity index (χ1n) is 10.9. The molecule has 32 heavy (non-hydrogen) atoms. The van der Waals surface area contributed by atoms with Crippen LogP contribution < -0.4 is 16.0 Å². The van der Waals surface area contributed by atoms with Gasteiger partial charge in [-0.05, 0) is 43.7 Å². The van der Waals surface area contributed by atoms with E-state index in [-0.39, 0.29) is 36.6 Å². The summed E-state index contributed by atoms with van der Waals surface area (Å²) in [6.07, 6.45) is 1.58. The Bertz CT molecular complexity index is 852. The molecule has 0 aliphatic carbocycles. The molecule has 0 aromatic heterocycles. The fourth-order valence-corrected chi connectivity index (χ4v) is 3.65. The molecule has 1 aromatic carbocycles. The van der Waals surface area contributed by atoms with Crippen molar-refractivity contribution in [3.8, 4) is 0 Å². The Morgan fingerprint density at radius 2 is 2.00 bits per heavy atom. The van der Waals surface area contributed by atoms with E-state index in [9.17, 15) is 19.2 Å². The van der Waals surface area contributed by atoms with Gasteiger partial charge in [-0.2, -0.15) is 0 Å². The topological polar surface area (TPSA) is 114 Å². The molecule has 1 aliphatic rings. The molecule has 0 bridgehead atoms. The summed E-state index contributed by atoms with van der Waals surface area (Å²) >= 11 is 0. The highest BCUT2D eigenvalue weighted by Crippen LogP contribution is 2.17. The molecular formula is C24H33N3O5. The quantitative estimate of drug-likeness (QED) is 0.455. The van der Waals surface area contributed by atoms with Crippen LogP contribution in [0, 0.1) is 18.8 Å². The van der Waals surface area contributed by atoms with Crippen LogP contribution in [0.4, 0.5) is 4.79 Å². The summed E-state index contributed by atoms with van der Waals surface area (Å²) in [6.45, 7) is 9.92. The smallest absolute Gasteiger partial charge is 0.408 e. The van der Waals surface area contributed by atoms with Gasteiger partial charge in [0.15, 0.2) is 5.78 Å². The van der Waals surface area contributed by atoms with Crippen LogP contribution in [0.15, 0.2) is 36.9 Å². The first-order valence-corrected chi connectivity index (χ1v) is 10.9. The molecule has 3 amide bonds. The van der Waals surface area contributed by atoms with Gasteiger partial charge in [-0.25, -0.2) is 4.79 Å². The average Bonchev–Trinajstić information content (AvgIpc) is 3.14. The molecule has 3 atom stereocenters. The van der Waals surface area contributed by atoms with E-state index in [1.54, 1.807) is 0 Å². The van der Waals surface area contributed by atoms with Gasteiger partial charge in [0, 0.05) is 12.5 Å². The van der Waals surface area contributed by atoms with E-state index < -0.39 is 24.1 Å². The van der Waals surface area contributed by atoms with E-state index in [0.717, 1.165) is 17.2 Å². The minimum atomic E-state index is -0.881. The second kappa shape index (κ2) is 12.0. The van der Waals surface area contributed by atoms with Gasteiger partial charge >= 0.3 is 6.09 Å². The number of benzene rings is 1. The summed E-state index contributed by atoms with van der Waals surface area (Å²) in [6, 6.07) is 5.83. The fourth-order valence-electron chi connectivity index (χ4n) is 3.65. The van der Waals surface area contributed by atoms with Gasteiger partial charge in [0.05, 0.1) is 6.04 Å². The number of hydrogen-bond donors (Lipinski definition) is 3. The van der Waals surface area contributed by atoms with Crippen molar-refractivity contribution >= 4 is 23.7 Å². The molecule has 2 rings (SSSR count). The zero-order valence-corrected chi connectivity index (χ0v) is 19.0. The molecule has 0 radical (unpaired) electrons. The van der Waals surface area contributed by atoms with Gasteiger partial charge in [0.25, 0.3) is 0 Å². The number of aryl methyl sites for hydroxylation is 1. The first kappa shape index (κ1) is 25.1. The molecule has 1 fully saturated rings. The molecule has 1 unspecified atom stereocenters. The van der Waals surface area contributed by atoms with Crippen LogP contribution in [0.5, 0.6) is 0 Å². The van der Waals surface area contributed by atoms with Crippen LogP contribution in [0.3, 0.4) is 0 Å². The molecule has 0 saturated carbocycles. The van der Waals surface area contributed by atoms with Gasteiger partial charge in [-0.1, -0.05) is 50.3 Å². The lowest BCUT2D eigenvalue weighted by atomic mass is 9.95. The maximum absolute atomic E-state index is 13.0. The number of amides is 3. The van der Waals surface area contributed by atoms with Crippen molar-refractivity contribution in [3.63, 3.8) is 0 Å². The van der Waals surface area contributed by atoms with Crippen LogP contribution >= 0.6 is 0 Å². The van der Waals surface area contributed by atoms with Crippen molar-refractivity contribution in [2.45, 2.75) is 58.7 Å². The van der Waals surface area contributed by atoms with E-state index in [2.05, 4.69) is 22.5 Å². The Hall–Kier alpha value is -3.16. The monoisotopic (exact) mass is 443 g/mol. The second-order valence-electron chi connectivity index (χ2n) is 8.57. The number of ketones is 1. The molecule has 3 N–H and O–H groups in total. The van der Waals surface area contributed by atoms with Crippen molar-refractivity contribution in [1.29, 1.82) is 0 Å². The number of rotatable bonds is 11. The van der Waals surface area contributed by atoms with Crippen molar-refractivity contribution in [2.75, 3.05) is 6.54 Å². The number of carbonyl (C=O) groups excluding carboxylic acids is 4. The van der Waals surface area contributed by atoms with E-state index in [1.807, 2.05) is 45.0 Å². The van der Waals surface area contributed by atoms with Gasteiger partial charge in [-0.15, -0.1) is 0 Å². The molecule has 0 spiro atoms. The van der Waals surface area contributed by atoms with Crippen LogP contribution in [-0.2, 0) is 25.7 Å². The number of carbonyl (C=O) groups is 4. The summed E-state index contributed by atoms with van der Waals surface area (Å²) < 4.78 is 5.27. The Balaban J connectivity index is 2.00. The van der Waals surface area contributed by atoms with E-state index in [0.29, 0.717) is 19.4 Å². The Morgan fingerprint density at radius 3 is 2.59 bits per heavy atom. The lowest BCUT2D eigenvalue weighted by Gasteiger charge is -2.24. The maximum Gasteiger partial charge on any atom is 0.408 e. The van der Waals surface area contributed by atoms with Crippen LogP contribution in [0.25, 0.3) is 0 Å². The van der Waals surface area contributed by atoms with E-state index in [1.165, 1.54) is 0 Å². The van der Waals surface area contributed by atoms with Gasteiger partial charge in [0.2, 0.25) is 11.8 Å². The highest BCUT2D eigenvalue weighted by Gasteiger charge is 2.32. The van der Waals surface area contributed by atoms with Gasteiger partial charge in [0.1, 0.15) is 12.6 Å². The Labute approximate surface area is 189 Å². The summed E-state index contributed by atoms with van der Waals surface area (Å²) in [5.74, 6) is -1.23. The molecule has 1 aliphatic heterocycles. The summed E-state index contributed by atoms with van der Waals surface area (Å²) in [5.41, 5.74) is 1.90. The third-order valence-corrected chi connectivity index (χ3v) is 5.31. The number of nitrogens with one attached hydrogen (secondary N) is 3. The zero-order chi connectivity index (χ0) is 23.7. The molecule has 1 aromatic rings. The van der Waals surface area contributed by atoms with Crippen LogP contribution in [-0.4, -0.2) is 42.3 Å². The highest BCUT2D eigenvalue weighted by molar-refractivity contribution is 5.98. The van der Waals surface area contributed by atoms with E-state index in [4.69, 9.17) is 4.74 Å². The molecule has 8 nitrogen and oxygen atoms in total. The second-order valence-corrected chi connectivity index (χ2v) is 8.57. The lowest BCUT2D eigenvalue weighted by molar-refractivity contribution is -0.129. The SMILES string of the molecule is C=CC(=O)[C@H](C[C@@H]1CCNC1=O)NC(=O)C(CC(C)C)NC(=O)OCc1cccc(C)c1. The van der Waals surface area contributed by atoms with Crippen molar-refractivity contribution < 1.29 is 23.9 Å². The molecule has 1 heterocycles. The van der Waals surface area contributed by atoms with Crippen molar-refractivity contribution in [2.24, 2.45) is 11.8 Å². The summed E-state index contributed by atoms with van der Waals surface area (Å²) in [5, 5.41) is 8.03. The van der Waals surface area contributed by atoms with Gasteiger partial charge < -0.3 is 20.7 Å². The van der Waals surface area contributed by atoms with Crippen molar-refractivity contribution in [3.05, 3.63) is 48.0 Å². The molecular weight excluding hydrogens is 410 g/mol. The molecule has 174 valence electrons.